The van der Waals surface area contributed by atoms with Crippen LogP contribution in [0.25, 0.3) is 10.2 Å². The lowest BCUT2D eigenvalue weighted by atomic mass is 10.3. The molecular weight excluding hydrogens is 260 g/mol. The largest absolute Gasteiger partial charge is 0.399 e. The zero-order valence-corrected chi connectivity index (χ0v) is 11.6. The number of morpholine rings is 1. The Balaban J connectivity index is 1.56. The third-order valence-electron chi connectivity index (χ3n) is 3.22. The minimum absolute atomic E-state index is 0.762. The van der Waals surface area contributed by atoms with Crippen LogP contribution >= 0.6 is 11.3 Å². The Kier molecular flexibility index (Phi) is 3.82. The number of anilines is 2. The smallest absolute Gasteiger partial charge is 0.183 e. The summed E-state index contributed by atoms with van der Waals surface area (Å²) in [5.41, 5.74) is 7.49. The molecule has 3 rings (SSSR count). The van der Waals surface area contributed by atoms with E-state index in [9.17, 15) is 0 Å². The van der Waals surface area contributed by atoms with Crippen LogP contribution in [0.5, 0.6) is 0 Å². The van der Waals surface area contributed by atoms with Crippen molar-refractivity contribution in [3.05, 3.63) is 18.2 Å². The fraction of sp³-hybridized carbons (Fsp3) is 0.462. The molecule has 0 radical (unpaired) electrons. The number of nitrogens with one attached hydrogen (secondary N) is 1. The number of hydrogen-bond donors (Lipinski definition) is 2. The van der Waals surface area contributed by atoms with Gasteiger partial charge in [0.15, 0.2) is 5.13 Å². The molecule has 2 heterocycles. The van der Waals surface area contributed by atoms with Gasteiger partial charge in [0.2, 0.25) is 0 Å². The summed E-state index contributed by atoms with van der Waals surface area (Å²) in [5.74, 6) is 0. The maximum Gasteiger partial charge on any atom is 0.183 e. The number of hydrogen-bond acceptors (Lipinski definition) is 6. The SMILES string of the molecule is Nc1ccc2sc(NCCN3CCOCC3)nc2c1. The summed E-state index contributed by atoms with van der Waals surface area (Å²) in [6, 6.07) is 5.85. The van der Waals surface area contributed by atoms with Crippen LogP contribution in [0.3, 0.4) is 0 Å². The Bertz CT molecular complexity index is 551. The molecule has 1 aromatic carbocycles. The van der Waals surface area contributed by atoms with Crippen molar-refractivity contribution in [1.82, 2.24) is 9.88 Å². The first kappa shape index (κ1) is 12.7. The molecule has 0 spiro atoms. The number of ether oxygens (including phenoxy) is 1. The first-order chi connectivity index (χ1) is 9.31. The summed E-state index contributed by atoms with van der Waals surface area (Å²) >= 11 is 1.67. The quantitative estimate of drug-likeness (QED) is 0.832. The normalized spacial score (nSPS) is 16.8. The van der Waals surface area contributed by atoms with E-state index < -0.39 is 0 Å². The van der Waals surface area contributed by atoms with E-state index in [-0.39, 0.29) is 0 Å². The third kappa shape index (κ3) is 3.15. The lowest BCUT2D eigenvalue weighted by Crippen LogP contribution is -2.38. The standard InChI is InChI=1S/C13H18N4OS/c14-10-1-2-12-11(9-10)16-13(19-12)15-3-4-17-5-7-18-8-6-17/h1-2,9H,3-8,14H2,(H,15,16). The molecule has 0 bridgehead atoms. The van der Waals surface area contributed by atoms with E-state index >= 15 is 0 Å². The molecule has 0 atom stereocenters. The van der Waals surface area contributed by atoms with Crippen LogP contribution in [0, 0.1) is 0 Å². The highest BCUT2D eigenvalue weighted by Crippen LogP contribution is 2.27. The van der Waals surface area contributed by atoms with Gasteiger partial charge in [0.05, 0.1) is 23.4 Å². The lowest BCUT2D eigenvalue weighted by molar-refractivity contribution is 0.0398. The number of nitrogen functional groups attached to an aromatic ring is 1. The summed E-state index contributed by atoms with van der Waals surface area (Å²) in [6.45, 7) is 5.69. The average Bonchev–Trinajstić information content (AvgIpc) is 2.82. The summed E-state index contributed by atoms with van der Waals surface area (Å²) in [6.07, 6.45) is 0. The molecule has 1 saturated heterocycles. The van der Waals surface area contributed by atoms with E-state index in [1.165, 1.54) is 4.70 Å². The molecular formula is C13H18N4OS. The molecule has 102 valence electrons. The number of aromatic nitrogens is 1. The average molecular weight is 278 g/mol. The first-order valence-corrected chi connectivity index (χ1v) is 7.33. The second-order valence-corrected chi connectivity index (χ2v) is 5.66. The lowest BCUT2D eigenvalue weighted by Gasteiger charge is -2.26. The molecule has 0 amide bonds. The Hall–Kier alpha value is -1.37. The van der Waals surface area contributed by atoms with Crippen molar-refractivity contribution < 1.29 is 4.74 Å². The van der Waals surface area contributed by atoms with Crippen LogP contribution in [-0.4, -0.2) is 49.3 Å². The van der Waals surface area contributed by atoms with E-state index in [2.05, 4.69) is 15.2 Å². The van der Waals surface area contributed by atoms with Gasteiger partial charge in [-0.25, -0.2) is 4.98 Å². The fourth-order valence-electron chi connectivity index (χ4n) is 2.17. The summed E-state index contributed by atoms with van der Waals surface area (Å²) in [5, 5.41) is 4.35. The fourth-order valence-corrected chi connectivity index (χ4v) is 3.04. The predicted molar refractivity (Wildman–Crippen MR) is 79.8 cm³/mol. The molecule has 1 fully saturated rings. The molecule has 0 saturated carbocycles. The van der Waals surface area contributed by atoms with Crippen LogP contribution in [0.15, 0.2) is 18.2 Å². The van der Waals surface area contributed by atoms with Gasteiger partial charge in [0, 0.05) is 31.9 Å². The van der Waals surface area contributed by atoms with E-state index in [0.29, 0.717) is 0 Å². The Labute approximate surface area is 116 Å². The highest BCUT2D eigenvalue weighted by atomic mass is 32.1. The van der Waals surface area contributed by atoms with Gasteiger partial charge in [-0.3, -0.25) is 4.90 Å². The van der Waals surface area contributed by atoms with Crippen LogP contribution in [-0.2, 0) is 4.74 Å². The Morgan fingerprint density at radius 1 is 1.37 bits per heavy atom. The van der Waals surface area contributed by atoms with Gasteiger partial charge < -0.3 is 15.8 Å². The summed E-state index contributed by atoms with van der Waals surface area (Å²) in [7, 11) is 0. The van der Waals surface area contributed by atoms with Gasteiger partial charge in [0.1, 0.15) is 0 Å². The topological polar surface area (TPSA) is 63.4 Å². The van der Waals surface area contributed by atoms with Crippen LogP contribution in [0.1, 0.15) is 0 Å². The van der Waals surface area contributed by atoms with Gasteiger partial charge in [0.25, 0.3) is 0 Å². The first-order valence-electron chi connectivity index (χ1n) is 6.51. The minimum atomic E-state index is 0.762. The van der Waals surface area contributed by atoms with Crippen LogP contribution in [0.4, 0.5) is 10.8 Å². The van der Waals surface area contributed by atoms with Gasteiger partial charge >= 0.3 is 0 Å². The van der Waals surface area contributed by atoms with Crippen molar-refractivity contribution in [2.45, 2.75) is 0 Å². The van der Waals surface area contributed by atoms with E-state index in [1.54, 1.807) is 11.3 Å². The van der Waals surface area contributed by atoms with Crippen LogP contribution in [0.2, 0.25) is 0 Å². The van der Waals surface area contributed by atoms with E-state index in [1.807, 2.05) is 18.2 Å². The maximum atomic E-state index is 5.76. The van der Waals surface area contributed by atoms with Crippen molar-refractivity contribution in [3.63, 3.8) is 0 Å². The van der Waals surface area contributed by atoms with Crippen LogP contribution < -0.4 is 11.1 Å². The molecule has 2 aromatic rings. The third-order valence-corrected chi connectivity index (χ3v) is 4.21. The molecule has 6 heteroatoms. The Morgan fingerprint density at radius 2 is 2.21 bits per heavy atom. The number of rotatable bonds is 4. The van der Waals surface area contributed by atoms with Crippen molar-refractivity contribution in [3.8, 4) is 0 Å². The molecule has 5 nitrogen and oxygen atoms in total. The molecule has 1 aliphatic rings. The molecule has 0 aliphatic carbocycles. The van der Waals surface area contributed by atoms with Gasteiger partial charge in [-0.05, 0) is 18.2 Å². The molecule has 0 unspecified atom stereocenters. The van der Waals surface area contributed by atoms with Gasteiger partial charge in [-0.2, -0.15) is 0 Å². The predicted octanol–water partition coefficient (Wildman–Crippen LogP) is 1.62. The zero-order valence-electron chi connectivity index (χ0n) is 10.8. The second kappa shape index (κ2) is 5.73. The molecule has 19 heavy (non-hydrogen) atoms. The molecule has 1 aliphatic heterocycles. The van der Waals surface area contributed by atoms with Gasteiger partial charge in [-0.15, -0.1) is 0 Å². The molecule has 1 aromatic heterocycles. The summed E-state index contributed by atoms with van der Waals surface area (Å²) in [4.78, 5) is 6.94. The summed E-state index contributed by atoms with van der Waals surface area (Å²) < 4.78 is 6.50. The highest BCUT2D eigenvalue weighted by Gasteiger charge is 2.10. The Morgan fingerprint density at radius 3 is 3.05 bits per heavy atom. The molecule has 3 N–H and O–H groups in total. The zero-order chi connectivity index (χ0) is 13.1. The number of benzene rings is 1. The van der Waals surface area contributed by atoms with Crippen molar-refractivity contribution in [1.29, 1.82) is 0 Å². The van der Waals surface area contributed by atoms with Crippen molar-refractivity contribution in [2.24, 2.45) is 0 Å². The minimum Gasteiger partial charge on any atom is -0.399 e. The second-order valence-electron chi connectivity index (χ2n) is 4.63. The maximum absolute atomic E-state index is 5.76. The number of fused-ring (bicyclic) bond motifs is 1. The van der Waals surface area contributed by atoms with Crippen molar-refractivity contribution in [2.75, 3.05) is 50.4 Å². The highest BCUT2D eigenvalue weighted by molar-refractivity contribution is 7.22. The number of thiazole rings is 1. The number of nitrogens with zero attached hydrogens (tertiary/aromatic N) is 2. The number of nitrogens with two attached hydrogens (primary N) is 1. The van der Waals surface area contributed by atoms with E-state index in [4.69, 9.17) is 10.5 Å². The monoisotopic (exact) mass is 278 g/mol. The van der Waals surface area contributed by atoms with Crippen molar-refractivity contribution >= 4 is 32.4 Å². The van der Waals surface area contributed by atoms with Gasteiger partial charge in [-0.1, -0.05) is 11.3 Å². The van der Waals surface area contributed by atoms with E-state index in [0.717, 1.165) is 55.7 Å².